The second-order valence-corrected chi connectivity index (χ2v) is 4.82. The molecule has 1 aliphatic heterocycles. The Hall–Kier alpha value is -1.85. The lowest BCUT2D eigenvalue weighted by Crippen LogP contribution is -2.36. The quantitative estimate of drug-likeness (QED) is 0.852. The number of nitrogens with zero attached hydrogens (tertiary/aromatic N) is 3. The van der Waals surface area contributed by atoms with Crippen LogP contribution in [0.3, 0.4) is 0 Å². The van der Waals surface area contributed by atoms with Crippen LogP contribution in [0.2, 0.25) is 0 Å². The predicted octanol–water partition coefficient (Wildman–Crippen LogP) is 1.86. The molecule has 5 nitrogen and oxygen atoms in total. The van der Waals surface area contributed by atoms with Gasteiger partial charge in [-0.1, -0.05) is 12.1 Å². The van der Waals surface area contributed by atoms with E-state index in [9.17, 15) is 0 Å². The number of ether oxygens (including phenoxy) is 2. The molecule has 1 aromatic carbocycles. The average molecular weight is 273 g/mol. The van der Waals surface area contributed by atoms with Crippen molar-refractivity contribution in [3.05, 3.63) is 42.1 Å². The Kier molecular flexibility index (Phi) is 3.99. The van der Waals surface area contributed by atoms with Crippen LogP contribution in [0.1, 0.15) is 5.56 Å². The van der Waals surface area contributed by atoms with Crippen molar-refractivity contribution in [2.75, 3.05) is 38.3 Å². The second-order valence-electron chi connectivity index (χ2n) is 4.82. The highest BCUT2D eigenvalue weighted by Crippen LogP contribution is 2.16. The molecule has 2 aromatic rings. The molecule has 2 heterocycles. The lowest BCUT2D eigenvalue weighted by Gasteiger charge is -2.26. The third-order valence-corrected chi connectivity index (χ3v) is 3.42. The summed E-state index contributed by atoms with van der Waals surface area (Å²) in [5.74, 6) is 1.01. The maximum Gasteiger partial charge on any atom is 0.151 e. The van der Waals surface area contributed by atoms with E-state index in [2.05, 4.69) is 34.3 Å². The first-order valence-electron chi connectivity index (χ1n) is 6.83. The minimum atomic E-state index is 0.637. The molecule has 106 valence electrons. The van der Waals surface area contributed by atoms with Crippen molar-refractivity contribution in [1.29, 1.82) is 0 Å². The number of methoxy groups -OCH3 is 1. The molecule has 20 heavy (non-hydrogen) atoms. The summed E-state index contributed by atoms with van der Waals surface area (Å²) in [6.45, 7) is 4.00. The Balaban J connectivity index is 1.75. The van der Waals surface area contributed by atoms with Crippen LogP contribution in [0.25, 0.3) is 5.69 Å². The normalized spacial score (nSPS) is 15.6. The summed E-state index contributed by atoms with van der Waals surface area (Å²) in [5.41, 5.74) is 2.22. The summed E-state index contributed by atoms with van der Waals surface area (Å²) in [6, 6.07) is 10.3. The van der Waals surface area contributed by atoms with Gasteiger partial charge in [0.25, 0.3) is 0 Å². The fourth-order valence-corrected chi connectivity index (χ4v) is 2.33. The molecule has 0 saturated carbocycles. The van der Waals surface area contributed by atoms with Crippen LogP contribution >= 0.6 is 0 Å². The first kappa shape index (κ1) is 13.1. The standard InChI is InChI=1S/C15H19N3O2/c1-19-12-13-2-4-14(5-3-13)18-7-6-15(16-18)17-8-10-20-11-9-17/h2-7H,8-12H2,1H3. The van der Waals surface area contributed by atoms with Gasteiger partial charge in [0, 0.05) is 32.5 Å². The number of hydrogen-bond donors (Lipinski definition) is 0. The highest BCUT2D eigenvalue weighted by molar-refractivity contribution is 5.41. The molecular weight excluding hydrogens is 254 g/mol. The zero-order valence-electron chi connectivity index (χ0n) is 11.7. The fraction of sp³-hybridized carbons (Fsp3) is 0.400. The highest BCUT2D eigenvalue weighted by atomic mass is 16.5. The van der Waals surface area contributed by atoms with Gasteiger partial charge in [-0.25, -0.2) is 4.68 Å². The highest BCUT2D eigenvalue weighted by Gasteiger charge is 2.13. The van der Waals surface area contributed by atoms with E-state index in [4.69, 9.17) is 9.47 Å². The van der Waals surface area contributed by atoms with Gasteiger partial charge < -0.3 is 14.4 Å². The van der Waals surface area contributed by atoms with Crippen molar-refractivity contribution in [3.63, 3.8) is 0 Å². The molecule has 0 radical (unpaired) electrons. The first-order chi connectivity index (χ1) is 9.86. The van der Waals surface area contributed by atoms with Crippen molar-refractivity contribution in [1.82, 2.24) is 9.78 Å². The average Bonchev–Trinajstić information content (AvgIpc) is 2.99. The van der Waals surface area contributed by atoms with Crippen LogP contribution in [-0.2, 0) is 16.1 Å². The molecule has 3 rings (SSSR count). The molecule has 0 atom stereocenters. The van der Waals surface area contributed by atoms with Gasteiger partial charge in [0.15, 0.2) is 5.82 Å². The zero-order valence-corrected chi connectivity index (χ0v) is 11.7. The van der Waals surface area contributed by atoms with Crippen LogP contribution in [0.5, 0.6) is 0 Å². The van der Waals surface area contributed by atoms with Crippen molar-refractivity contribution in [2.24, 2.45) is 0 Å². The molecule has 0 unspecified atom stereocenters. The van der Waals surface area contributed by atoms with Gasteiger partial charge >= 0.3 is 0 Å². The van der Waals surface area contributed by atoms with Gasteiger partial charge in [0.2, 0.25) is 0 Å². The molecule has 1 aromatic heterocycles. The van der Waals surface area contributed by atoms with Crippen LogP contribution in [0.4, 0.5) is 5.82 Å². The Morgan fingerprint density at radius 1 is 1.15 bits per heavy atom. The number of anilines is 1. The fourth-order valence-electron chi connectivity index (χ4n) is 2.33. The third kappa shape index (κ3) is 2.84. The van der Waals surface area contributed by atoms with Crippen LogP contribution < -0.4 is 4.90 Å². The number of hydrogen-bond acceptors (Lipinski definition) is 4. The zero-order chi connectivity index (χ0) is 13.8. The monoisotopic (exact) mass is 273 g/mol. The van der Waals surface area contributed by atoms with E-state index in [0.717, 1.165) is 43.4 Å². The second kappa shape index (κ2) is 6.07. The van der Waals surface area contributed by atoms with E-state index in [1.54, 1.807) is 7.11 Å². The molecule has 1 fully saturated rings. The largest absolute Gasteiger partial charge is 0.380 e. The summed E-state index contributed by atoms with van der Waals surface area (Å²) in [4.78, 5) is 2.25. The third-order valence-electron chi connectivity index (χ3n) is 3.42. The summed E-state index contributed by atoms with van der Waals surface area (Å²) < 4.78 is 12.4. The molecule has 0 bridgehead atoms. The molecule has 0 aliphatic carbocycles. The topological polar surface area (TPSA) is 39.5 Å². The van der Waals surface area contributed by atoms with Crippen LogP contribution in [0.15, 0.2) is 36.5 Å². The Bertz CT molecular complexity index is 545. The number of rotatable bonds is 4. The van der Waals surface area contributed by atoms with Gasteiger partial charge in [0.05, 0.1) is 25.5 Å². The summed E-state index contributed by atoms with van der Waals surface area (Å²) in [5, 5.41) is 4.64. The predicted molar refractivity (Wildman–Crippen MR) is 77.3 cm³/mol. The van der Waals surface area contributed by atoms with Gasteiger partial charge in [-0.3, -0.25) is 0 Å². The maximum absolute atomic E-state index is 5.36. The number of aromatic nitrogens is 2. The minimum absolute atomic E-state index is 0.637. The van der Waals surface area contributed by atoms with Gasteiger partial charge in [-0.2, -0.15) is 5.10 Å². The minimum Gasteiger partial charge on any atom is -0.380 e. The van der Waals surface area contributed by atoms with Crippen molar-refractivity contribution < 1.29 is 9.47 Å². The molecule has 0 amide bonds. The first-order valence-corrected chi connectivity index (χ1v) is 6.83. The van der Waals surface area contributed by atoms with E-state index in [-0.39, 0.29) is 0 Å². The van der Waals surface area contributed by atoms with E-state index in [1.165, 1.54) is 0 Å². The van der Waals surface area contributed by atoms with E-state index >= 15 is 0 Å². The lowest BCUT2D eigenvalue weighted by molar-refractivity contribution is 0.122. The van der Waals surface area contributed by atoms with Gasteiger partial charge in [-0.15, -0.1) is 0 Å². The SMILES string of the molecule is COCc1ccc(-n2ccc(N3CCOCC3)n2)cc1. The maximum atomic E-state index is 5.36. The van der Waals surface area contributed by atoms with Crippen LogP contribution in [-0.4, -0.2) is 43.2 Å². The molecular formula is C15H19N3O2. The molecule has 1 saturated heterocycles. The van der Waals surface area contributed by atoms with Gasteiger partial charge in [0.1, 0.15) is 0 Å². The number of benzene rings is 1. The van der Waals surface area contributed by atoms with E-state index < -0.39 is 0 Å². The van der Waals surface area contributed by atoms with Crippen molar-refractivity contribution >= 4 is 5.82 Å². The summed E-state index contributed by atoms with van der Waals surface area (Å²) in [6.07, 6.45) is 2.00. The lowest BCUT2D eigenvalue weighted by atomic mass is 10.2. The Labute approximate surface area is 118 Å². The number of morpholine rings is 1. The van der Waals surface area contributed by atoms with E-state index in [0.29, 0.717) is 6.61 Å². The van der Waals surface area contributed by atoms with E-state index in [1.807, 2.05) is 16.9 Å². The van der Waals surface area contributed by atoms with Crippen molar-refractivity contribution in [3.8, 4) is 5.69 Å². The van der Waals surface area contributed by atoms with Crippen LogP contribution in [0, 0.1) is 0 Å². The van der Waals surface area contributed by atoms with Gasteiger partial charge in [-0.05, 0) is 17.7 Å². The summed E-state index contributed by atoms with van der Waals surface area (Å²) in [7, 11) is 1.70. The van der Waals surface area contributed by atoms with Crippen molar-refractivity contribution in [2.45, 2.75) is 6.61 Å². The Morgan fingerprint density at radius 2 is 1.90 bits per heavy atom. The molecule has 0 N–H and O–H groups in total. The molecule has 5 heteroatoms. The smallest absolute Gasteiger partial charge is 0.151 e. The summed E-state index contributed by atoms with van der Waals surface area (Å²) >= 11 is 0. The Morgan fingerprint density at radius 3 is 2.60 bits per heavy atom. The molecule has 1 aliphatic rings. The molecule has 0 spiro atoms.